The summed E-state index contributed by atoms with van der Waals surface area (Å²) >= 11 is -2.29. The average Bonchev–Trinajstić information content (AvgIpc) is 2.52. The monoisotopic (exact) mass is 466 g/mol. The quantitative estimate of drug-likeness (QED) is 0.281. The van der Waals surface area contributed by atoms with Crippen LogP contribution in [0.15, 0.2) is 0 Å². The third-order valence-electron chi connectivity index (χ3n) is 5.74. The Labute approximate surface area is 158 Å². The molecule has 0 radical (unpaired) electrons. The molecule has 0 aliphatic heterocycles. The number of rotatable bonds is 15. The fraction of sp³-hybridized carbons (Fsp3) is 1.00. The van der Waals surface area contributed by atoms with E-state index in [1.54, 1.807) is 20.4 Å². The summed E-state index contributed by atoms with van der Waals surface area (Å²) in [6.07, 6.45) is 9.02. The van der Waals surface area contributed by atoms with Gasteiger partial charge in [0, 0.05) is 0 Å². The van der Waals surface area contributed by atoms with Crippen LogP contribution in [-0.2, 0) is 4.74 Å². The van der Waals surface area contributed by atoms with E-state index in [1.807, 2.05) is 0 Å². The zero-order chi connectivity index (χ0) is 18.6. The van der Waals surface area contributed by atoms with Crippen molar-refractivity contribution in [2.75, 3.05) is 13.7 Å². The van der Waals surface area contributed by atoms with E-state index >= 15 is 0 Å². The first-order valence-electron chi connectivity index (χ1n) is 10.4. The summed E-state index contributed by atoms with van der Waals surface area (Å²) in [5.74, 6) is 0. The topological polar surface area (TPSA) is 29.5 Å². The molecule has 0 aromatic carbocycles. The van der Waals surface area contributed by atoms with Crippen LogP contribution >= 0.6 is 0 Å². The summed E-state index contributed by atoms with van der Waals surface area (Å²) in [5, 5.41) is 10.6. The van der Waals surface area contributed by atoms with E-state index in [2.05, 4.69) is 40.4 Å². The van der Waals surface area contributed by atoms with Crippen LogP contribution in [0.2, 0.25) is 36.5 Å². The first kappa shape index (κ1) is 24.9. The van der Waals surface area contributed by atoms with Gasteiger partial charge in [0.1, 0.15) is 0 Å². The Hall–Kier alpha value is 0.936. The van der Waals surface area contributed by atoms with Crippen LogP contribution in [0, 0.1) is 0 Å². The molecule has 0 bridgehead atoms. The molecule has 0 aliphatic rings. The molecule has 1 N–H and O–H groups in total. The Morgan fingerprint density at radius 3 is 1.58 bits per heavy atom. The molecule has 0 heterocycles. The summed E-state index contributed by atoms with van der Waals surface area (Å²) < 4.78 is 10.8. The summed E-state index contributed by atoms with van der Waals surface area (Å²) in [6.45, 7) is 15.2. The van der Waals surface area contributed by atoms with Crippen molar-refractivity contribution in [1.29, 1.82) is 0 Å². The Morgan fingerprint density at radius 2 is 1.29 bits per heavy atom. The van der Waals surface area contributed by atoms with Gasteiger partial charge in [0.05, 0.1) is 0 Å². The van der Waals surface area contributed by atoms with Crippen molar-refractivity contribution in [2.24, 2.45) is 0 Å². The second-order valence-corrected chi connectivity index (χ2v) is 30.1. The normalized spacial score (nSPS) is 15.5. The van der Waals surface area contributed by atoms with Crippen molar-refractivity contribution in [3.8, 4) is 0 Å². The van der Waals surface area contributed by atoms with Crippen LogP contribution < -0.4 is 0 Å². The Morgan fingerprint density at radius 1 is 0.875 bits per heavy atom. The number of hydrogen-bond acceptors (Lipinski definition) is 2. The summed E-state index contributed by atoms with van der Waals surface area (Å²) in [5.41, 5.74) is 0. The minimum atomic E-state index is -2.29. The van der Waals surface area contributed by atoms with Gasteiger partial charge in [-0.3, -0.25) is 0 Å². The average molecular weight is 465 g/mol. The third kappa shape index (κ3) is 9.04. The summed E-state index contributed by atoms with van der Waals surface area (Å²) in [4.78, 5) is 0. The first-order chi connectivity index (χ1) is 11.3. The molecule has 4 heteroatoms. The van der Waals surface area contributed by atoms with Crippen molar-refractivity contribution in [3.63, 3.8) is 0 Å². The Bertz CT molecular complexity index is 283. The third-order valence-corrected chi connectivity index (χ3v) is 36.0. The second-order valence-electron chi connectivity index (χ2n) is 8.94. The molecule has 0 spiro atoms. The molecule has 0 aromatic heterocycles. The van der Waals surface area contributed by atoms with E-state index in [-0.39, 0.29) is 6.10 Å². The van der Waals surface area contributed by atoms with Gasteiger partial charge in [-0.1, -0.05) is 0 Å². The SMILES string of the molecule is CCC[CH2][Sn]([CH2]CCC)([CH2]CCC)[C@@H](C[C@H](O)COC)[Si](C)(C)C. The van der Waals surface area contributed by atoms with Gasteiger partial charge in [0.25, 0.3) is 0 Å². The molecule has 0 aliphatic carbocycles. The van der Waals surface area contributed by atoms with E-state index in [0.717, 1.165) is 9.98 Å². The van der Waals surface area contributed by atoms with Gasteiger partial charge in [-0.15, -0.1) is 0 Å². The minimum absolute atomic E-state index is 0.257. The van der Waals surface area contributed by atoms with Gasteiger partial charge in [-0.05, 0) is 0 Å². The van der Waals surface area contributed by atoms with Crippen LogP contribution in [0.1, 0.15) is 65.7 Å². The van der Waals surface area contributed by atoms with Gasteiger partial charge in [-0.2, -0.15) is 0 Å². The van der Waals surface area contributed by atoms with Gasteiger partial charge in [0.2, 0.25) is 0 Å². The van der Waals surface area contributed by atoms with Crippen molar-refractivity contribution in [1.82, 2.24) is 0 Å². The molecule has 0 amide bonds. The van der Waals surface area contributed by atoms with Gasteiger partial charge in [0.15, 0.2) is 0 Å². The van der Waals surface area contributed by atoms with Gasteiger partial charge >= 0.3 is 158 Å². The fourth-order valence-electron chi connectivity index (χ4n) is 4.54. The van der Waals surface area contributed by atoms with Crippen molar-refractivity contribution >= 4 is 26.5 Å². The van der Waals surface area contributed by atoms with E-state index in [0.29, 0.717) is 6.61 Å². The van der Waals surface area contributed by atoms with Crippen LogP contribution in [0.25, 0.3) is 0 Å². The fourth-order valence-corrected chi connectivity index (χ4v) is 42.4. The number of ether oxygens (including phenoxy) is 1. The van der Waals surface area contributed by atoms with Gasteiger partial charge in [-0.25, -0.2) is 0 Å². The second kappa shape index (κ2) is 13.2. The van der Waals surface area contributed by atoms with E-state index < -0.39 is 26.5 Å². The zero-order valence-corrected chi connectivity index (χ0v) is 21.6. The number of hydrogen-bond donors (Lipinski definition) is 1. The molecular weight excluding hydrogens is 419 g/mol. The molecule has 0 aromatic rings. The van der Waals surface area contributed by atoms with Crippen LogP contribution in [0.4, 0.5) is 0 Å². The number of methoxy groups -OCH3 is 1. The predicted molar refractivity (Wildman–Crippen MR) is 114 cm³/mol. The predicted octanol–water partition coefficient (Wildman–Crippen LogP) is 6.48. The molecule has 0 unspecified atom stereocenters. The number of aliphatic hydroxyl groups excluding tert-OH is 1. The van der Waals surface area contributed by atoms with E-state index in [1.165, 1.54) is 38.5 Å². The maximum atomic E-state index is 10.6. The molecule has 146 valence electrons. The number of aliphatic hydroxyl groups is 1. The maximum absolute atomic E-state index is 10.6. The Balaban J connectivity index is 5.61. The molecule has 2 nitrogen and oxygen atoms in total. The standard InChI is InChI=1S/C8H19O2Si.3C4H9.Sn/c1-10-7-8(9)5-6-11(2,3)4;3*1-3-4-2;/h6,8-9H,5,7H2,1-4H3;3*1,3-4H2,2H3;/t8-;;;;/m0..../s1. The van der Waals surface area contributed by atoms with Crippen molar-refractivity contribution in [2.45, 2.75) is 108 Å². The molecule has 24 heavy (non-hydrogen) atoms. The number of unbranched alkanes of at least 4 members (excludes halogenated alkanes) is 3. The Kier molecular flexibility index (Phi) is 13.7. The first-order valence-corrected chi connectivity index (χ1v) is 21.7. The van der Waals surface area contributed by atoms with Crippen molar-refractivity contribution in [3.05, 3.63) is 0 Å². The summed E-state index contributed by atoms with van der Waals surface area (Å²) in [7, 11) is 0.431. The molecule has 0 saturated carbocycles. The molecular formula is C20H46O2SiSn. The van der Waals surface area contributed by atoms with Gasteiger partial charge < -0.3 is 0 Å². The molecule has 0 fully saturated rings. The van der Waals surface area contributed by atoms with E-state index in [9.17, 15) is 5.11 Å². The zero-order valence-electron chi connectivity index (χ0n) is 17.8. The van der Waals surface area contributed by atoms with Crippen LogP contribution in [0.3, 0.4) is 0 Å². The molecule has 2 atom stereocenters. The van der Waals surface area contributed by atoms with Crippen molar-refractivity contribution < 1.29 is 9.84 Å². The molecule has 0 saturated heterocycles. The van der Waals surface area contributed by atoms with Crippen LogP contribution in [-0.4, -0.2) is 51.4 Å². The molecule has 0 rings (SSSR count). The van der Waals surface area contributed by atoms with E-state index in [4.69, 9.17) is 4.74 Å². The summed E-state index contributed by atoms with van der Waals surface area (Å²) in [6, 6.07) is 0. The van der Waals surface area contributed by atoms with Crippen LogP contribution in [0.5, 0.6) is 0 Å².